The van der Waals surface area contributed by atoms with Crippen LogP contribution in [0.3, 0.4) is 0 Å². The summed E-state index contributed by atoms with van der Waals surface area (Å²) in [6, 6.07) is 0. The molecule has 1 aromatic rings. The Labute approximate surface area is 151 Å². The summed E-state index contributed by atoms with van der Waals surface area (Å²) in [5, 5.41) is 0. The van der Waals surface area contributed by atoms with Crippen LogP contribution in [0.4, 0.5) is 17.8 Å². The van der Waals surface area contributed by atoms with Crippen LogP contribution in [-0.2, 0) is 28.8 Å². The quantitative estimate of drug-likeness (QED) is 0.598. The van der Waals surface area contributed by atoms with Gasteiger partial charge >= 0.3 is 0 Å². The molecule has 6 amide bonds. The second-order valence-corrected chi connectivity index (χ2v) is 6.10. The van der Waals surface area contributed by atoms with Gasteiger partial charge in [-0.25, -0.2) is 14.7 Å². The fourth-order valence-corrected chi connectivity index (χ4v) is 3.04. The van der Waals surface area contributed by atoms with Gasteiger partial charge in [0.05, 0.1) is 0 Å². The monoisotopic (exact) mass is 372 g/mol. The summed E-state index contributed by atoms with van der Waals surface area (Å²) < 4.78 is 0. The summed E-state index contributed by atoms with van der Waals surface area (Å²) in [5.41, 5.74) is 0. The van der Waals surface area contributed by atoms with Gasteiger partial charge in [0.25, 0.3) is 0 Å². The first kappa shape index (κ1) is 16.9. The predicted octanol–water partition coefficient (Wildman–Crippen LogP) is -1.17. The highest BCUT2D eigenvalue weighted by atomic mass is 16.2. The van der Waals surface area contributed by atoms with Crippen molar-refractivity contribution in [3.8, 4) is 0 Å². The minimum absolute atomic E-state index is 0.0433. The molecule has 0 spiro atoms. The SMILES string of the molecule is O=C1CCC(=O)N1c1nc(N2C(=O)CCC2=O)nc(N2C(=O)CCC2=O)n1. The summed E-state index contributed by atoms with van der Waals surface area (Å²) >= 11 is 0. The number of hydrogen-bond acceptors (Lipinski definition) is 9. The Balaban J connectivity index is 1.86. The van der Waals surface area contributed by atoms with Crippen molar-refractivity contribution in [3.63, 3.8) is 0 Å². The third-order valence-corrected chi connectivity index (χ3v) is 4.35. The van der Waals surface area contributed by atoms with E-state index in [2.05, 4.69) is 15.0 Å². The molecule has 12 nitrogen and oxygen atoms in total. The van der Waals surface area contributed by atoms with Gasteiger partial charge in [0.2, 0.25) is 53.3 Å². The fraction of sp³-hybridized carbons (Fsp3) is 0.400. The molecule has 27 heavy (non-hydrogen) atoms. The van der Waals surface area contributed by atoms with Gasteiger partial charge in [-0.2, -0.15) is 15.0 Å². The van der Waals surface area contributed by atoms with Gasteiger partial charge in [-0.05, 0) is 0 Å². The standard InChI is InChI=1S/C15H12N6O6/c22-7-1-2-8(23)19(7)13-16-14(20-9(24)3-4-10(20)25)18-15(17-13)21-11(26)5-6-12(21)27/h1-6H2. The van der Waals surface area contributed by atoms with Gasteiger partial charge in [-0.15, -0.1) is 0 Å². The molecule has 3 aliphatic heterocycles. The highest BCUT2D eigenvalue weighted by Gasteiger charge is 2.39. The van der Waals surface area contributed by atoms with Crippen molar-refractivity contribution in [2.24, 2.45) is 0 Å². The van der Waals surface area contributed by atoms with Crippen LogP contribution >= 0.6 is 0 Å². The zero-order valence-corrected chi connectivity index (χ0v) is 13.9. The minimum Gasteiger partial charge on any atom is -0.274 e. The fourth-order valence-electron chi connectivity index (χ4n) is 3.04. The van der Waals surface area contributed by atoms with Crippen LogP contribution in [0.2, 0.25) is 0 Å². The minimum atomic E-state index is -0.568. The predicted molar refractivity (Wildman–Crippen MR) is 85.0 cm³/mol. The molecule has 12 heteroatoms. The highest BCUT2D eigenvalue weighted by Crippen LogP contribution is 2.28. The number of hydrogen-bond donors (Lipinski definition) is 0. The van der Waals surface area contributed by atoms with Crippen molar-refractivity contribution in [2.45, 2.75) is 38.5 Å². The molecule has 4 rings (SSSR count). The van der Waals surface area contributed by atoms with E-state index in [1.165, 1.54) is 0 Å². The maximum absolute atomic E-state index is 12.0. The number of aromatic nitrogens is 3. The van der Waals surface area contributed by atoms with Crippen LogP contribution in [0.1, 0.15) is 38.5 Å². The molecule has 4 heterocycles. The molecule has 0 atom stereocenters. The summed E-state index contributed by atoms with van der Waals surface area (Å²) in [6.45, 7) is 0. The maximum atomic E-state index is 12.0. The Hall–Kier alpha value is -3.57. The van der Waals surface area contributed by atoms with Crippen molar-refractivity contribution >= 4 is 53.3 Å². The number of rotatable bonds is 3. The van der Waals surface area contributed by atoms with Gasteiger partial charge in [-0.1, -0.05) is 0 Å². The molecule has 0 saturated carbocycles. The van der Waals surface area contributed by atoms with Gasteiger partial charge in [0, 0.05) is 38.5 Å². The molecule has 0 bridgehead atoms. The Morgan fingerprint density at radius 2 is 0.593 bits per heavy atom. The van der Waals surface area contributed by atoms with Crippen LogP contribution in [-0.4, -0.2) is 50.4 Å². The van der Waals surface area contributed by atoms with E-state index in [0.717, 1.165) is 0 Å². The number of nitrogens with zero attached hydrogens (tertiary/aromatic N) is 6. The molecule has 0 radical (unpaired) electrons. The topological polar surface area (TPSA) is 151 Å². The van der Waals surface area contributed by atoms with Crippen LogP contribution in [0.15, 0.2) is 0 Å². The molecule has 0 N–H and O–H groups in total. The lowest BCUT2D eigenvalue weighted by molar-refractivity contribution is -0.122. The second-order valence-electron chi connectivity index (χ2n) is 6.10. The summed E-state index contributed by atoms with van der Waals surface area (Å²) in [5.74, 6) is -4.69. The Bertz CT molecular complexity index is 763. The Kier molecular flexibility index (Phi) is 3.75. The Morgan fingerprint density at radius 1 is 0.407 bits per heavy atom. The molecule has 1 aromatic heterocycles. The summed E-state index contributed by atoms with van der Waals surface area (Å²) in [6.07, 6.45) is -0.260. The first-order chi connectivity index (χ1) is 12.9. The molecule has 3 fully saturated rings. The third kappa shape index (κ3) is 2.65. The number of anilines is 3. The molecular weight excluding hydrogens is 360 g/mol. The van der Waals surface area contributed by atoms with E-state index in [1.807, 2.05) is 0 Å². The van der Waals surface area contributed by atoms with Gasteiger partial charge in [-0.3, -0.25) is 28.8 Å². The van der Waals surface area contributed by atoms with Crippen LogP contribution in [0.5, 0.6) is 0 Å². The van der Waals surface area contributed by atoms with Crippen molar-refractivity contribution in [1.82, 2.24) is 15.0 Å². The maximum Gasteiger partial charge on any atom is 0.245 e. The van der Waals surface area contributed by atoms with E-state index < -0.39 is 53.3 Å². The summed E-state index contributed by atoms with van der Waals surface area (Å²) in [4.78, 5) is 86.0. The number of amides is 6. The number of carbonyl (C=O) groups excluding carboxylic acids is 6. The molecule has 138 valence electrons. The molecule has 0 aliphatic carbocycles. The lowest BCUT2D eigenvalue weighted by Gasteiger charge is -2.19. The Morgan fingerprint density at radius 3 is 0.778 bits per heavy atom. The molecular formula is C15H12N6O6. The van der Waals surface area contributed by atoms with Gasteiger partial charge < -0.3 is 0 Å². The largest absolute Gasteiger partial charge is 0.274 e. The average Bonchev–Trinajstić information content (AvgIpc) is 3.25. The van der Waals surface area contributed by atoms with Crippen molar-refractivity contribution in [3.05, 3.63) is 0 Å². The zero-order valence-electron chi connectivity index (χ0n) is 13.9. The average molecular weight is 372 g/mol. The lowest BCUT2D eigenvalue weighted by atomic mass is 10.4. The molecule has 0 unspecified atom stereocenters. The van der Waals surface area contributed by atoms with E-state index in [-0.39, 0.29) is 38.5 Å². The smallest absolute Gasteiger partial charge is 0.245 e. The lowest BCUT2D eigenvalue weighted by Crippen LogP contribution is -2.37. The van der Waals surface area contributed by atoms with Crippen LogP contribution < -0.4 is 14.7 Å². The van der Waals surface area contributed by atoms with Crippen LogP contribution in [0, 0.1) is 0 Å². The summed E-state index contributed by atoms with van der Waals surface area (Å²) in [7, 11) is 0. The van der Waals surface area contributed by atoms with E-state index >= 15 is 0 Å². The molecule has 3 aliphatic rings. The van der Waals surface area contributed by atoms with Crippen molar-refractivity contribution in [1.29, 1.82) is 0 Å². The zero-order chi connectivity index (χ0) is 19.3. The van der Waals surface area contributed by atoms with E-state index in [0.29, 0.717) is 14.7 Å². The number of carbonyl (C=O) groups is 6. The van der Waals surface area contributed by atoms with E-state index in [9.17, 15) is 28.8 Å². The van der Waals surface area contributed by atoms with Crippen molar-refractivity contribution in [2.75, 3.05) is 14.7 Å². The van der Waals surface area contributed by atoms with E-state index in [4.69, 9.17) is 0 Å². The van der Waals surface area contributed by atoms with Gasteiger partial charge in [0.15, 0.2) is 0 Å². The van der Waals surface area contributed by atoms with Crippen molar-refractivity contribution < 1.29 is 28.8 Å². The highest BCUT2D eigenvalue weighted by molar-refractivity contribution is 6.22. The second kappa shape index (κ2) is 6.00. The van der Waals surface area contributed by atoms with Crippen LogP contribution in [0.25, 0.3) is 0 Å². The van der Waals surface area contributed by atoms with Gasteiger partial charge in [0.1, 0.15) is 0 Å². The number of imide groups is 3. The molecule has 3 saturated heterocycles. The third-order valence-electron chi connectivity index (χ3n) is 4.35. The normalized spacial score (nSPS) is 20.7. The molecule has 0 aromatic carbocycles. The van der Waals surface area contributed by atoms with E-state index in [1.54, 1.807) is 0 Å². The first-order valence-corrected chi connectivity index (χ1v) is 8.20. The first-order valence-electron chi connectivity index (χ1n) is 8.20.